The first-order chi connectivity index (χ1) is 8.20. The van der Waals surface area contributed by atoms with Crippen LogP contribution < -0.4 is 4.74 Å². The minimum absolute atomic E-state index is 0.0615. The SMILES string of the molecule is Cc1nonc1COc1ccc(C#N)cc1F. The Hall–Kier alpha value is -2.42. The molecule has 0 saturated carbocycles. The first-order valence-electron chi connectivity index (χ1n) is 4.81. The molecule has 86 valence electrons. The van der Waals surface area contributed by atoms with E-state index in [1.807, 2.05) is 6.07 Å². The number of halogens is 1. The highest BCUT2D eigenvalue weighted by atomic mass is 19.1. The van der Waals surface area contributed by atoms with Crippen molar-refractivity contribution >= 4 is 0 Å². The largest absolute Gasteiger partial charge is 0.484 e. The van der Waals surface area contributed by atoms with Crippen molar-refractivity contribution in [2.45, 2.75) is 13.5 Å². The van der Waals surface area contributed by atoms with Crippen LogP contribution in [-0.2, 0) is 6.61 Å². The summed E-state index contributed by atoms with van der Waals surface area (Å²) in [4.78, 5) is 0. The van der Waals surface area contributed by atoms with Gasteiger partial charge in [0.1, 0.15) is 18.0 Å². The lowest BCUT2D eigenvalue weighted by Gasteiger charge is -2.05. The Morgan fingerprint density at radius 3 is 2.88 bits per heavy atom. The summed E-state index contributed by atoms with van der Waals surface area (Å²) in [5, 5.41) is 15.8. The van der Waals surface area contributed by atoms with Crippen molar-refractivity contribution in [3.63, 3.8) is 0 Å². The lowest BCUT2D eigenvalue weighted by atomic mass is 10.2. The third kappa shape index (κ3) is 2.39. The molecule has 0 aliphatic heterocycles. The molecule has 1 aromatic carbocycles. The molecule has 0 N–H and O–H groups in total. The molecule has 0 unspecified atom stereocenters. The molecule has 0 spiro atoms. The summed E-state index contributed by atoms with van der Waals surface area (Å²) in [6.07, 6.45) is 0. The number of rotatable bonds is 3. The monoisotopic (exact) mass is 233 g/mol. The molecule has 5 nitrogen and oxygen atoms in total. The second-order valence-corrected chi connectivity index (χ2v) is 3.34. The maximum atomic E-state index is 13.4. The van der Waals surface area contributed by atoms with Crippen molar-refractivity contribution in [2.75, 3.05) is 0 Å². The van der Waals surface area contributed by atoms with Crippen molar-refractivity contribution in [1.82, 2.24) is 10.3 Å². The molecule has 1 aromatic heterocycles. The third-order valence-corrected chi connectivity index (χ3v) is 2.17. The maximum Gasteiger partial charge on any atom is 0.166 e. The molecule has 6 heteroatoms. The van der Waals surface area contributed by atoms with Crippen LogP contribution in [0, 0.1) is 24.1 Å². The van der Waals surface area contributed by atoms with Crippen LogP contribution >= 0.6 is 0 Å². The standard InChI is InChI=1S/C11H8FN3O2/c1-7-10(15-17-14-7)6-16-11-3-2-8(5-13)4-9(11)12/h2-4H,6H2,1H3. The first-order valence-corrected chi connectivity index (χ1v) is 4.81. The number of hydrogen-bond acceptors (Lipinski definition) is 5. The van der Waals surface area contributed by atoms with Gasteiger partial charge >= 0.3 is 0 Å². The molecule has 0 radical (unpaired) electrons. The van der Waals surface area contributed by atoms with Crippen molar-refractivity contribution in [1.29, 1.82) is 5.26 Å². The molecule has 17 heavy (non-hydrogen) atoms. The molecule has 0 aliphatic rings. The van der Waals surface area contributed by atoms with Crippen LogP contribution in [0.1, 0.15) is 17.0 Å². The van der Waals surface area contributed by atoms with Gasteiger partial charge in [-0.15, -0.1) is 0 Å². The number of nitrogens with zero attached hydrogens (tertiary/aromatic N) is 3. The molecule has 1 heterocycles. The maximum absolute atomic E-state index is 13.4. The summed E-state index contributed by atoms with van der Waals surface area (Å²) < 4.78 is 23.1. The number of benzene rings is 1. The van der Waals surface area contributed by atoms with E-state index in [2.05, 4.69) is 14.9 Å². The molecule has 0 bridgehead atoms. The summed E-state index contributed by atoms with van der Waals surface area (Å²) >= 11 is 0. The van der Waals surface area contributed by atoms with Crippen LogP contribution in [0.2, 0.25) is 0 Å². The Labute approximate surface area is 96.4 Å². The van der Waals surface area contributed by atoms with E-state index >= 15 is 0 Å². The van der Waals surface area contributed by atoms with Gasteiger partial charge in [0, 0.05) is 0 Å². The van der Waals surface area contributed by atoms with Crippen LogP contribution in [0.5, 0.6) is 5.75 Å². The summed E-state index contributed by atoms with van der Waals surface area (Å²) in [7, 11) is 0. The molecule has 0 fully saturated rings. The molecule has 2 aromatic rings. The van der Waals surface area contributed by atoms with Crippen molar-refractivity contribution < 1.29 is 13.8 Å². The Bertz CT molecular complexity index is 574. The van der Waals surface area contributed by atoms with Crippen molar-refractivity contribution in [3.8, 4) is 11.8 Å². The molecule has 0 atom stereocenters. The van der Waals surface area contributed by atoms with Gasteiger partial charge < -0.3 is 4.74 Å². The Morgan fingerprint density at radius 1 is 1.47 bits per heavy atom. The van der Waals surface area contributed by atoms with Gasteiger partial charge in [0.25, 0.3) is 0 Å². The zero-order valence-corrected chi connectivity index (χ0v) is 8.98. The van der Waals surface area contributed by atoms with Crippen LogP contribution in [-0.4, -0.2) is 10.3 Å². The van der Waals surface area contributed by atoms with Gasteiger partial charge in [0.2, 0.25) is 0 Å². The lowest BCUT2D eigenvalue weighted by molar-refractivity contribution is 0.262. The average molecular weight is 233 g/mol. The van der Waals surface area contributed by atoms with E-state index in [-0.39, 0.29) is 17.9 Å². The van der Waals surface area contributed by atoms with Gasteiger partial charge in [-0.2, -0.15) is 5.26 Å². The Morgan fingerprint density at radius 2 is 2.29 bits per heavy atom. The van der Waals surface area contributed by atoms with Crippen molar-refractivity contribution in [2.24, 2.45) is 0 Å². The fourth-order valence-electron chi connectivity index (χ4n) is 1.21. The van der Waals surface area contributed by atoms with Gasteiger partial charge in [0.05, 0.1) is 11.6 Å². The number of aromatic nitrogens is 2. The van der Waals surface area contributed by atoms with E-state index < -0.39 is 5.82 Å². The molecule has 2 rings (SSSR count). The van der Waals surface area contributed by atoms with Gasteiger partial charge in [-0.3, -0.25) is 0 Å². The van der Waals surface area contributed by atoms with Gasteiger partial charge in [-0.1, -0.05) is 10.3 Å². The van der Waals surface area contributed by atoms with E-state index in [0.29, 0.717) is 11.4 Å². The fraction of sp³-hybridized carbons (Fsp3) is 0.182. The van der Waals surface area contributed by atoms with E-state index in [0.717, 1.165) is 6.07 Å². The fourth-order valence-corrected chi connectivity index (χ4v) is 1.21. The van der Waals surface area contributed by atoms with Crippen molar-refractivity contribution in [3.05, 3.63) is 41.0 Å². The minimum Gasteiger partial charge on any atom is -0.484 e. The number of hydrogen-bond donors (Lipinski definition) is 0. The van der Waals surface area contributed by atoms with Crippen LogP contribution in [0.25, 0.3) is 0 Å². The van der Waals surface area contributed by atoms with Gasteiger partial charge in [-0.05, 0) is 25.1 Å². The summed E-state index contributed by atoms with van der Waals surface area (Å²) in [6.45, 7) is 1.78. The van der Waals surface area contributed by atoms with Gasteiger partial charge in [-0.25, -0.2) is 9.02 Å². The summed E-state index contributed by atoms with van der Waals surface area (Å²) in [5.74, 6) is -0.524. The molecular formula is C11H8FN3O2. The van der Waals surface area contributed by atoms with Gasteiger partial charge in [0.15, 0.2) is 11.6 Å². The highest BCUT2D eigenvalue weighted by molar-refractivity contribution is 5.36. The number of nitriles is 1. The zero-order valence-electron chi connectivity index (χ0n) is 8.98. The average Bonchev–Trinajstić information content (AvgIpc) is 2.73. The summed E-state index contributed by atoms with van der Waals surface area (Å²) in [5.41, 5.74) is 1.35. The third-order valence-electron chi connectivity index (χ3n) is 2.17. The van der Waals surface area contributed by atoms with E-state index in [1.54, 1.807) is 6.92 Å². The Balaban J connectivity index is 2.10. The first kappa shape index (κ1) is 11.1. The van der Waals surface area contributed by atoms with E-state index in [1.165, 1.54) is 12.1 Å². The smallest absolute Gasteiger partial charge is 0.166 e. The predicted molar refractivity (Wildman–Crippen MR) is 54.5 cm³/mol. The second-order valence-electron chi connectivity index (χ2n) is 3.34. The molecule has 0 amide bonds. The van der Waals surface area contributed by atoms with E-state index in [9.17, 15) is 4.39 Å². The normalized spacial score (nSPS) is 9.94. The quantitative estimate of drug-likeness (QED) is 0.810. The zero-order chi connectivity index (χ0) is 12.3. The molecule has 0 aliphatic carbocycles. The second kappa shape index (κ2) is 4.61. The van der Waals surface area contributed by atoms with E-state index in [4.69, 9.17) is 10.00 Å². The summed E-state index contributed by atoms with van der Waals surface area (Å²) in [6, 6.07) is 5.83. The molecular weight excluding hydrogens is 225 g/mol. The lowest BCUT2D eigenvalue weighted by Crippen LogP contribution is -1.99. The number of ether oxygens (including phenoxy) is 1. The number of aryl methyl sites for hydroxylation is 1. The topological polar surface area (TPSA) is 71.9 Å². The Kier molecular flexibility index (Phi) is 3.01. The predicted octanol–water partition coefficient (Wildman–Crippen LogP) is 1.97. The molecule has 0 saturated heterocycles. The highest BCUT2D eigenvalue weighted by Crippen LogP contribution is 2.19. The highest BCUT2D eigenvalue weighted by Gasteiger charge is 2.09. The van der Waals surface area contributed by atoms with Crippen LogP contribution in [0.3, 0.4) is 0 Å². The van der Waals surface area contributed by atoms with Crippen LogP contribution in [0.15, 0.2) is 22.8 Å². The van der Waals surface area contributed by atoms with Crippen LogP contribution in [0.4, 0.5) is 4.39 Å². The minimum atomic E-state index is -0.585.